The Morgan fingerprint density at radius 3 is 1.31 bits per heavy atom. The predicted octanol–water partition coefficient (Wildman–Crippen LogP) is 6.47. The van der Waals surface area contributed by atoms with Gasteiger partial charge in [0.1, 0.15) is 6.10 Å². The minimum absolute atomic E-state index is 0.167. The molecule has 0 saturated carbocycles. The Labute approximate surface area is 163 Å². The van der Waals surface area contributed by atoms with Crippen molar-refractivity contribution in [2.24, 2.45) is 0 Å². The molecule has 0 aliphatic rings. The molecular weight excluding hydrogens is 328 g/mol. The lowest BCUT2D eigenvalue weighted by Gasteiger charge is -2.39. The third-order valence-corrected chi connectivity index (χ3v) is 4.43. The van der Waals surface area contributed by atoms with Gasteiger partial charge in [-0.3, -0.25) is 0 Å². The number of ether oxygens (including phenoxy) is 4. The van der Waals surface area contributed by atoms with E-state index in [1.165, 1.54) is 0 Å². The van der Waals surface area contributed by atoms with Crippen molar-refractivity contribution < 1.29 is 18.9 Å². The summed E-state index contributed by atoms with van der Waals surface area (Å²) in [5.41, 5.74) is 0. The van der Waals surface area contributed by atoms with E-state index in [0.717, 1.165) is 77.2 Å². The van der Waals surface area contributed by atoms with Gasteiger partial charge in [-0.15, -0.1) is 0 Å². The van der Waals surface area contributed by atoms with Crippen LogP contribution in [0.1, 0.15) is 105 Å². The molecule has 0 saturated heterocycles. The topological polar surface area (TPSA) is 36.9 Å². The van der Waals surface area contributed by atoms with E-state index in [-0.39, 0.29) is 6.10 Å². The maximum atomic E-state index is 6.28. The Morgan fingerprint density at radius 1 is 0.538 bits per heavy atom. The van der Waals surface area contributed by atoms with Gasteiger partial charge >= 0.3 is 5.97 Å². The maximum absolute atomic E-state index is 6.28. The summed E-state index contributed by atoms with van der Waals surface area (Å²) >= 11 is 0. The standard InChI is InChI=1S/C22H46O4/c1-6-11-16-21(23-17-12-7-2)22(24-18-13-8-3,25-19-14-9-4)26-20-15-10-5/h21H,6-20H2,1-5H3. The third-order valence-electron chi connectivity index (χ3n) is 4.43. The van der Waals surface area contributed by atoms with Crippen molar-refractivity contribution in [2.45, 2.75) is 117 Å². The molecule has 0 fully saturated rings. The summed E-state index contributed by atoms with van der Waals surface area (Å²) in [6, 6.07) is 0. The summed E-state index contributed by atoms with van der Waals surface area (Å²) in [6.45, 7) is 13.6. The van der Waals surface area contributed by atoms with E-state index in [4.69, 9.17) is 18.9 Å². The molecule has 0 bridgehead atoms. The van der Waals surface area contributed by atoms with Gasteiger partial charge in [0.2, 0.25) is 0 Å². The van der Waals surface area contributed by atoms with Crippen LogP contribution in [0.3, 0.4) is 0 Å². The van der Waals surface area contributed by atoms with Crippen molar-refractivity contribution in [1.29, 1.82) is 0 Å². The molecule has 4 nitrogen and oxygen atoms in total. The van der Waals surface area contributed by atoms with Crippen molar-refractivity contribution in [3.8, 4) is 0 Å². The summed E-state index contributed by atoms with van der Waals surface area (Å²) < 4.78 is 25.1. The molecule has 0 aromatic carbocycles. The number of hydrogen-bond acceptors (Lipinski definition) is 4. The lowest BCUT2D eigenvalue weighted by Crippen LogP contribution is -2.52. The fourth-order valence-electron chi connectivity index (χ4n) is 2.60. The quantitative estimate of drug-likeness (QED) is 0.181. The fourth-order valence-corrected chi connectivity index (χ4v) is 2.60. The van der Waals surface area contributed by atoms with E-state index in [2.05, 4.69) is 34.6 Å². The highest BCUT2D eigenvalue weighted by Crippen LogP contribution is 2.29. The zero-order chi connectivity index (χ0) is 19.5. The smallest absolute Gasteiger partial charge is 0.310 e. The summed E-state index contributed by atoms with van der Waals surface area (Å²) in [7, 11) is 0. The van der Waals surface area contributed by atoms with Crippen LogP contribution in [0.15, 0.2) is 0 Å². The van der Waals surface area contributed by atoms with Crippen LogP contribution in [-0.2, 0) is 18.9 Å². The number of hydrogen-bond donors (Lipinski definition) is 0. The first-order chi connectivity index (χ1) is 12.7. The molecule has 158 valence electrons. The molecule has 0 aliphatic carbocycles. The molecule has 0 N–H and O–H groups in total. The molecule has 0 aliphatic heterocycles. The minimum Gasteiger partial charge on any atom is -0.370 e. The second kappa shape index (κ2) is 18.2. The fraction of sp³-hybridized carbons (Fsp3) is 1.00. The lowest BCUT2D eigenvalue weighted by molar-refractivity contribution is -0.419. The van der Waals surface area contributed by atoms with E-state index in [1.807, 2.05) is 0 Å². The minimum atomic E-state index is -1.05. The lowest BCUT2D eigenvalue weighted by atomic mass is 10.1. The highest BCUT2D eigenvalue weighted by Gasteiger charge is 2.43. The molecule has 26 heavy (non-hydrogen) atoms. The molecule has 1 atom stereocenters. The van der Waals surface area contributed by atoms with Crippen molar-refractivity contribution in [3.63, 3.8) is 0 Å². The van der Waals surface area contributed by atoms with Gasteiger partial charge in [-0.2, -0.15) is 0 Å². The average Bonchev–Trinajstić information content (AvgIpc) is 2.65. The highest BCUT2D eigenvalue weighted by atomic mass is 16.9. The monoisotopic (exact) mass is 374 g/mol. The normalized spacial score (nSPS) is 13.3. The molecule has 0 aromatic rings. The molecule has 0 radical (unpaired) electrons. The van der Waals surface area contributed by atoms with Gasteiger partial charge in [0, 0.05) is 6.61 Å². The van der Waals surface area contributed by atoms with Crippen LogP contribution in [0.25, 0.3) is 0 Å². The molecule has 0 aromatic heterocycles. The van der Waals surface area contributed by atoms with E-state index in [9.17, 15) is 0 Å². The van der Waals surface area contributed by atoms with Crippen molar-refractivity contribution in [3.05, 3.63) is 0 Å². The van der Waals surface area contributed by atoms with Crippen LogP contribution in [0.4, 0.5) is 0 Å². The van der Waals surface area contributed by atoms with Crippen molar-refractivity contribution in [2.75, 3.05) is 26.4 Å². The molecule has 4 heteroatoms. The van der Waals surface area contributed by atoms with Crippen LogP contribution in [-0.4, -0.2) is 38.5 Å². The third kappa shape index (κ3) is 11.5. The Hall–Kier alpha value is -0.160. The van der Waals surface area contributed by atoms with E-state index in [1.54, 1.807) is 0 Å². The number of unbranched alkanes of at least 4 members (excludes halogenated alkanes) is 5. The van der Waals surface area contributed by atoms with E-state index < -0.39 is 5.97 Å². The van der Waals surface area contributed by atoms with Crippen LogP contribution >= 0.6 is 0 Å². The SMILES string of the molecule is CCCCOC(CCCC)C(OCCCC)(OCCCC)OCCCC. The van der Waals surface area contributed by atoms with Gasteiger partial charge in [0.05, 0.1) is 19.8 Å². The zero-order valence-electron chi connectivity index (χ0n) is 18.3. The van der Waals surface area contributed by atoms with E-state index >= 15 is 0 Å². The van der Waals surface area contributed by atoms with E-state index in [0.29, 0.717) is 19.8 Å². The van der Waals surface area contributed by atoms with Gasteiger partial charge in [0.25, 0.3) is 0 Å². The van der Waals surface area contributed by atoms with Gasteiger partial charge in [-0.05, 0) is 32.1 Å². The van der Waals surface area contributed by atoms with Crippen molar-refractivity contribution in [1.82, 2.24) is 0 Å². The average molecular weight is 375 g/mol. The molecule has 0 rings (SSSR count). The van der Waals surface area contributed by atoms with Crippen LogP contribution in [0.5, 0.6) is 0 Å². The molecule has 1 unspecified atom stereocenters. The van der Waals surface area contributed by atoms with Crippen LogP contribution < -0.4 is 0 Å². The Morgan fingerprint density at radius 2 is 0.923 bits per heavy atom. The first kappa shape index (κ1) is 25.8. The Kier molecular flexibility index (Phi) is 18.1. The second-order valence-electron chi connectivity index (χ2n) is 7.06. The zero-order valence-corrected chi connectivity index (χ0v) is 18.3. The summed E-state index contributed by atoms with van der Waals surface area (Å²) in [5.74, 6) is -1.05. The molecule has 0 spiro atoms. The largest absolute Gasteiger partial charge is 0.370 e. The van der Waals surface area contributed by atoms with Crippen LogP contribution in [0, 0.1) is 0 Å². The summed E-state index contributed by atoms with van der Waals surface area (Å²) in [4.78, 5) is 0. The molecular formula is C22H46O4. The molecule has 0 amide bonds. The summed E-state index contributed by atoms with van der Waals surface area (Å²) in [5, 5.41) is 0. The first-order valence-corrected chi connectivity index (χ1v) is 11.2. The molecule has 0 heterocycles. The maximum Gasteiger partial charge on any atom is 0.310 e. The van der Waals surface area contributed by atoms with Gasteiger partial charge in [0.15, 0.2) is 0 Å². The Bertz CT molecular complexity index is 257. The van der Waals surface area contributed by atoms with Gasteiger partial charge in [-0.1, -0.05) is 73.1 Å². The van der Waals surface area contributed by atoms with Gasteiger partial charge < -0.3 is 18.9 Å². The first-order valence-electron chi connectivity index (χ1n) is 11.2. The predicted molar refractivity (Wildman–Crippen MR) is 109 cm³/mol. The van der Waals surface area contributed by atoms with Gasteiger partial charge in [-0.25, -0.2) is 0 Å². The number of rotatable bonds is 20. The summed E-state index contributed by atoms with van der Waals surface area (Å²) in [6.07, 6.45) is 11.4. The highest BCUT2D eigenvalue weighted by molar-refractivity contribution is 4.74. The second-order valence-corrected chi connectivity index (χ2v) is 7.06. The van der Waals surface area contributed by atoms with Crippen LogP contribution in [0.2, 0.25) is 0 Å². The Balaban J connectivity index is 5.27. The van der Waals surface area contributed by atoms with Crippen molar-refractivity contribution >= 4 is 0 Å².